The summed E-state index contributed by atoms with van der Waals surface area (Å²) in [5.74, 6) is 0.891. The number of aryl methyl sites for hydroxylation is 2. The zero-order valence-electron chi connectivity index (χ0n) is 12.3. The molecule has 0 radical (unpaired) electrons. The van der Waals surface area contributed by atoms with Crippen molar-refractivity contribution in [2.45, 2.75) is 39.3 Å². The van der Waals surface area contributed by atoms with Gasteiger partial charge in [-0.25, -0.2) is 0 Å². The molecular weight excluding hydrogens is 248 g/mol. The summed E-state index contributed by atoms with van der Waals surface area (Å²) in [7, 11) is 0. The third kappa shape index (κ3) is 3.36. The third-order valence-electron chi connectivity index (χ3n) is 3.47. The van der Waals surface area contributed by atoms with Gasteiger partial charge in [-0.3, -0.25) is 4.98 Å². The first-order valence-electron chi connectivity index (χ1n) is 7.01. The summed E-state index contributed by atoms with van der Waals surface area (Å²) in [6.07, 6.45) is 4.26. The van der Waals surface area contributed by atoms with E-state index in [4.69, 9.17) is 10.5 Å². The first-order valence-corrected chi connectivity index (χ1v) is 7.01. The van der Waals surface area contributed by atoms with Crippen LogP contribution >= 0.6 is 0 Å². The van der Waals surface area contributed by atoms with E-state index in [2.05, 4.69) is 37.0 Å². The van der Waals surface area contributed by atoms with Crippen molar-refractivity contribution >= 4 is 0 Å². The average Bonchev–Trinajstić information content (AvgIpc) is 2.48. The minimum absolute atomic E-state index is 0.0564. The van der Waals surface area contributed by atoms with Crippen molar-refractivity contribution in [3.8, 4) is 5.75 Å². The molecule has 0 aliphatic rings. The number of hydrogen-bond acceptors (Lipinski definition) is 3. The van der Waals surface area contributed by atoms with E-state index < -0.39 is 0 Å². The molecule has 3 heteroatoms. The highest BCUT2D eigenvalue weighted by Crippen LogP contribution is 2.28. The SMILES string of the molecule is CCC(N)C(Oc1cc(C)ccc1C)c1cccnc1. The van der Waals surface area contributed by atoms with Gasteiger partial charge in [0.05, 0.1) is 0 Å². The first-order chi connectivity index (χ1) is 9.61. The molecule has 106 valence electrons. The molecule has 0 amide bonds. The minimum atomic E-state index is -0.172. The molecule has 0 spiro atoms. The van der Waals surface area contributed by atoms with Gasteiger partial charge in [0.1, 0.15) is 11.9 Å². The Kier molecular flexibility index (Phi) is 4.74. The van der Waals surface area contributed by atoms with Crippen molar-refractivity contribution in [1.82, 2.24) is 4.98 Å². The van der Waals surface area contributed by atoms with E-state index in [0.717, 1.165) is 23.3 Å². The van der Waals surface area contributed by atoms with Crippen molar-refractivity contribution in [1.29, 1.82) is 0 Å². The molecule has 1 aromatic heterocycles. The number of ether oxygens (including phenoxy) is 1. The predicted molar refractivity (Wildman–Crippen MR) is 81.8 cm³/mol. The van der Waals surface area contributed by atoms with Gasteiger partial charge in [-0.05, 0) is 43.5 Å². The number of hydrogen-bond donors (Lipinski definition) is 1. The van der Waals surface area contributed by atoms with Gasteiger partial charge in [-0.15, -0.1) is 0 Å². The van der Waals surface area contributed by atoms with E-state index in [0.29, 0.717) is 0 Å². The lowest BCUT2D eigenvalue weighted by atomic mass is 10.0. The monoisotopic (exact) mass is 270 g/mol. The highest BCUT2D eigenvalue weighted by molar-refractivity contribution is 5.36. The number of rotatable bonds is 5. The fourth-order valence-electron chi connectivity index (χ4n) is 2.13. The molecule has 1 heterocycles. The second kappa shape index (κ2) is 6.53. The van der Waals surface area contributed by atoms with Crippen LogP contribution in [0.1, 0.15) is 36.1 Å². The van der Waals surface area contributed by atoms with Gasteiger partial charge in [0.25, 0.3) is 0 Å². The summed E-state index contributed by atoms with van der Waals surface area (Å²) < 4.78 is 6.20. The van der Waals surface area contributed by atoms with Crippen LogP contribution in [-0.4, -0.2) is 11.0 Å². The van der Waals surface area contributed by atoms with Crippen LogP contribution < -0.4 is 10.5 Å². The maximum absolute atomic E-state index is 6.23. The summed E-state index contributed by atoms with van der Waals surface area (Å²) >= 11 is 0. The molecule has 2 aromatic rings. The molecule has 0 bridgehead atoms. The summed E-state index contributed by atoms with van der Waals surface area (Å²) in [4.78, 5) is 4.17. The molecule has 0 aliphatic heterocycles. The van der Waals surface area contributed by atoms with Crippen molar-refractivity contribution in [2.24, 2.45) is 5.73 Å². The largest absolute Gasteiger partial charge is 0.484 e. The predicted octanol–water partition coefficient (Wildman–Crippen LogP) is 3.56. The van der Waals surface area contributed by atoms with E-state index in [1.54, 1.807) is 6.20 Å². The lowest BCUT2D eigenvalue weighted by Crippen LogP contribution is -2.31. The quantitative estimate of drug-likeness (QED) is 0.903. The molecule has 0 saturated heterocycles. The lowest BCUT2D eigenvalue weighted by molar-refractivity contribution is 0.169. The van der Waals surface area contributed by atoms with Crippen LogP contribution in [0.25, 0.3) is 0 Å². The molecule has 2 N–H and O–H groups in total. The van der Waals surface area contributed by atoms with Crippen LogP contribution in [0.3, 0.4) is 0 Å². The average molecular weight is 270 g/mol. The number of nitrogens with two attached hydrogens (primary N) is 1. The van der Waals surface area contributed by atoms with E-state index >= 15 is 0 Å². The molecule has 2 rings (SSSR count). The summed E-state index contributed by atoms with van der Waals surface area (Å²) in [6, 6.07) is 10.1. The van der Waals surface area contributed by atoms with Gasteiger partial charge >= 0.3 is 0 Å². The number of benzene rings is 1. The van der Waals surface area contributed by atoms with Gasteiger partial charge in [-0.2, -0.15) is 0 Å². The van der Waals surface area contributed by atoms with Crippen LogP contribution in [0.5, 0.6) is 5.75 Å². The van der Waals surface area contributed by atoms with Crippen molar-refractivity contribution < 1.29 is 4.74 Å². The second-order valence-corrected chi connectivity index (χ2v) is 5.17. The molecule has 3 nitrogen and oxygen atoms in total. The summed E-state index contributed by atoms with van der Waals surface area (Å²) in [5.41, 5.74) is 9.55. The molecular formula is C17H22N2O. The zero-order chi connectivity index (χ0) is 14.5. The van der Waals surface area contributed by atoms with Gasteiger partial charge in [0, 0.05) is 24.0 Å². The first kappa shape index (κ1) is 14.5. The smallest absolute Gasteiger partial charge is 0.140 e. The van der Waals surface area contributed by atoms with E-state index in [9.17, 15) is 0 Å². The third-order valence-corrected chi connectivity index (χ3v) is 3.47. The Labute approximate surface area is 120 Å². The highest BCUT2D eigenvalue weighted by atomic mass is 16.5. The molecule has 0 fully saturated rings. The fourth-order valence-corrected chi connectivity index (χ4v) is 2.13. The molecule has 2 atom stereocenters. The van der Waals surface area contributed by atoms with Gasteiger partial charge in [0.15, 0.2) is 0 Å². The Balaban J connectivity index is 2.31. The minimum Gasteiger partial charge on any atom is -0.484 e. The topological polar surface area (TPSA) is 48.1 Å². The Morgan fingerprint density at radius 2 is 2.05 bits per heavy atom. The van der Waals surface area contributed by atoms with E-state index in [-0.39, 0.29) is 12.1 Å². The van der Waals surface area contributed by atoms with E-state index in [1.807, 2.05) is 25.3 Å². The summed E-state index contributed by atoms with van der Waals surface area (Å²) in [5, 5.41) is 0. The maximum atomic E-state index is 6.23. The molecule has 0 aliphatic carbocycles. The molecule has 0 saturated carbocycles. The van der Waals surface area contributed by atoms with Crippen LogP contribution in [0.2, 0.25) is 0 Å². The lowest BCUT2D eigenvalue weighted by Gasteiger charge is -2.25. The van der Waals surface area contributed by atoms with Crippen LogP contribution in [-0.2, 0) is 0 Å². The zero-order valence-corrected chi connectivity index (χ0v) is 12.3. The van der Waals surface area contributed by atoms with Gasteiger partial charge < -0.3 is 10.5 Å². The fraction of sp³-hybridized carbons (Fsp3) is 0.353. The molecule has 1 aromatic carbocycles. The molecule has 2 unspecified atom stereocenters. The maximum Gasteiger partial charge on any atom is 0.140 e. The molecule has 20 heavy (non-hydrogen) atoms. The summed E-state index contributed by atoms with van der Waals surface area (Å²) in [6.45, 7) is 6.18. The standard InChI is InChI=1S/C17H22N2O/c1-4-15(18)17(14-6-5-9-19-11-14)20-16-10-12(2)7-8-13(16)3/h5-11,15,17H,4,18H2,1-3H3. The second-order valence-electron chi connectivity index (χ2n) is 5.17. The number of nitrogens with zero attached hydrogens (tertiary/aromatic N) is 1. The van der Waals surface area contributed by atoms with Crippen LogP contribution in [0.4, 0.5) is 0 Å². The van der Waals surface area contributed by atoms with Crippen molar-refractivity contribution in [3.05, 3.63) is 59.4 Å². The van der Waals surface area contributed by atoms with Crippen LogP contribution in [0.15, 0.2) is 42.7 Å². The Morgan fingerprint density at radius 3 is 2.70 bits per heavy atom. The van der Waals surface area contributed by atoms with Crippen LogP contribution in [0, 0.1) is 13.8 Å². The van der Waals surface area contributed by atoms with Crippen molar-refractivity contribution in [3.63, 3.8) is 0 Å². The van der Waals surface area contributed by atoms with E-state index in [1.165, 1.54) is 5.56 Å². The van der Waals surface area contributed by atoms with Crippen molar-refractivity contribution in [2.75, 3.05) is 0 Å². The number of pyridine rings is 1. The normalized spacial score (nSPS) is 13.8. The van der Waals surface area contributed by atoms with Gasteiger partial charge in [-0.1, -0.05) is 25.1 Å². The highest BCUT2D eigenvalue weighted by Gasteiger charge is 2.21. The Morgan fingerprint density at radius 1 is 1.25 bits per heavy atom. The van der Waals surface area contributed by atoms with Gasteiger partial charge in [0.2, 0.25) is 0 Å². The number of aromatic nitrogens is 1. The Bertz CT molecular complexity index is 554. The Hall–Kier alpha value is -1.87.